The minimum atomic E-state index is 0.519. The first-order valence-corrected chi connectivity index (χ1v) is 13.3. The summed E-state index contributed by atoms with van der Waals surface area (Å²) in [5.74, 6) is 0. The molecule has 2 aromatic heterocycles. The van der Waals surface area contributed by atoms with E-state index < -0.39 is 0 Å². The molecule has 0 spiro atoms. The highest BCUT2D eigenvalue weighted by Crippen LogP contribution is 2.32. The normalized spacial score (nSPS) is 14.4. The van der Waals surface area contributed by atoms with Gasteiger partial charge in [-0.3, -0.25) is 9.88 Å². The van der Waals surface area contributed by atoms with Crippen molar-refractivity contribution in [1.29, 1.82) is 5.26 Å². The standard InChI is InChI=1S/C33H31N5O/c1-37-13-15-38(16-14-37)22-25-2-6-27(7-3-25)28-8-11-31-32(19-28)35-21-29(20-34)33(31)36-30-9-4-24(5-10-30)18-26-12-17-39-23-26/h2-12,17,19,21,23H,13-16,18,22H2,1H3,(H,35,36). The summed E-state index contributed by atoms with van der Waals surface area (Å²) in [6, 6.07) is 27.7. The number of fused-ring (bicyclic) bond motifs is 1. The average Bonchev–Trinajstić information content (AvgIpc) is 3.49. The lowest BCUT2D eigenvalue weighted by Crippen LogP contribution is -2.43. The Morgan fingerprint density at radius 2 is 1.62 bits per heavy atom. The Labute approximate surface area is 229 Å². The first kappa shape index (κ1) is 24.9. The van der Waals surface area contributed by atoms with Crippen molar-refractivity contribution in [2.45, 2.75) is 13.0 Å². The Hall–Kier alpha value is -4.44. The molecule has 0 bridgehead atoms. The van der Waals surface area contributed by atoms with Gasteiger partial charge in [0.1, 0.15) is 6.07 Å². The fourth-order valence-corrected chi connectivity index (χ4v) is 5.14. The monoisotopic (exact) mass is 513 g/mol. The molecule has 0 aliphatic carbocycles. The highest BCUT2D eigenvalue weighted by atomic mass is 16.3. The van der Waals surface area contributed by atoms with Crippen molar-refractivity contribution in [3.63, 3.8) is 0 Å². The zero-order chi connectivity index (χ0) is 26.6. The van der Waals surface area contributed by atoms with E-state index >= 15 is 0 Å². The minimum absolute atomic E-state index is 0.519. The summed E-state index contributed by atoms with van der Waals surface area (Å²) in [5, 5.41) is 14.2. The molecular formula is C33H31N5O. The Morgan fingerprint density at radius 3 is 2.33 bits per heavy atom. The number of benzene rings is 3. The predicted octanol–water partition coefficient (Wildman–Crippen LogP) is 6.45. The van der Waals surface area contributed by atoms with E-state index in [0.717, 1.165) is 78.1 Å². The van der Waals surface area contributed by atoms with Crippen LogP contribution in [0.2, 0.25) is 0 Å². The summed E-state index contributed by atoms with van der Waals surface area (Å²) in [7, 11) is 2.19. The number of aromatic nitrogens is 1. The summed E-state index contributed by atoms with van der Waals surface area (Å²) < 4.78 is 5.18. The second-order valence-corrected chi connectivity index (χ2v) is 10.3. The van der Waals surface area contributed by atoms with Crippen LogP contribution in [-0.2, 0) is 13.0 Å². The Bertz CT molecular complexity index is 1590. The quantitative estimate of drug-likeness (QED) is 0.270. The van der Waals surface area contributed by atoms with Crippen molar-refractivity contribution in [2.75, 3.05) is 38.5 Å². The minimum Gasteiger partial charge on any atom is -0.472 e. The lowest BCUT2D eigenvalue weighted by Gasteiger charge is -2.32. The molecule has 5 aromatic rings. The molecule has 194 valence electrons. The van der Waals surface area contributed by atoms with Gasteiger partial charge in [0, 0.05) is 56.4 Å². The molecule has 6 rings (SSSR count). The fraction of sp³-hybridized carbons (Fsp3) is 0.212. The molecule has 1 aliphatic heterocycles. The third-order valence-electron chi connectivity index (χ3n) is 7.49. The number of nitriles is 1. The average molecular weight is 514 g/mol. The highest BCUT2D eigenvalue weighted by Gasteiger charge is 2.14. The molecule has 1 aliphatic rings. The van der Waals surface area contributed by atoms with Gasteiger partial charge in [0.25, 0.3) is 0 Å². The van der Waals surface area contributed by atoms with E-state index in [0.29, 0.717) is 5.56 Å². The largest absolute Gasteiger partial charge is 0.472 e. The first-order chi connectivity index (χ1) is 19.1. The molecule has 3 aromatic carbocycles. The van der Waals surface area contributed by atoms with Gasteiger partial charge in [-0.15, -0.1) is 0 Å². The van der Waals surface area contributed by atoms with Gasteiger partial charge < -0.3 is 14.6 Å². The van der Waals surface area contributed by atoms with Crippen molar-refractivity contribution in [1.82, 2.24) is 14.8 Å². The third-order valence-corrected chi connectivity index (χ3v) is 7.49. The molecule has 1 saturated heterocycles. The highest BCUT2D eigenvalue weighted by molar-refractivity contribution is 5.97. The Balaban J connectivity index is 1.21. The number of likely N-dealkylation sites (N-methyl/N-ethyl adjacent to an activating group) is 1. The number of nitrogens with one attached hydrogen (secondary N) is 1. The summed E-state index contributed by atoms with van der Waals surface area (Å²) in [5.41, 5.74) is 9.02. The van der Waals surface area contributed by atoms with Crippen LogP contribution < -0.4 is 5.32 Å². The number of furan rings is 1. The molecule has 3 heterocycles. The van der Waals surface area contributed by atoms with Crippen molar-refractivity contribution in [3.8, 4) is 17.2 Å². The van der Waals surface area contributed by atoms with E-state index in [1.807, 2.05) is 18.2 Å². The smallest absolute Gasteiger partial charge is 0.103 e. The van der Waals surface area contributed by atoms with Crippen molar-refractivity contribution in [2.24, 2.45) is 0 Å². The van der Waals surface area contributed by atoms with E-state index in [4.69, 9.17) is 4.42 Å². The molecule has 6 nitrogen and oxygen atoms in total. The first-order valence-electron chi connectivity index (χ1n) is 13.3. The second kappa shape index (κ2) is 11.1. The van der Waals surface area contributed by atoms with Gasteiger partial charge >= 0.3 is 0 Å². The number of pyridine rings is 1. The van der Waals surface area contributed by atoms with Gasteiger partial charge in [-0.2, -0.15) is 5.26 Å². The summed E-state index contributed by atoms with van der Waals surface area (Å²) in [6.45, 7) is 5.48. The summed E-state index contributed by atoms with van der Waals surface area (Å²) in [6.07, 6.45) is 5.93. The van der Waals surface area contributed by atoms with E-state index in [1.165, 1.54) is 11.1 Å². The van der Waals surface area contributed by atoms with Gasteiger partial charge in [-0.1, -0.05) is 48.5 Å². The molecule has 0 atom stereocenters. The topological polar surface area (TPSA) is 68.3 Å². The molecule has 39 heavy (non-hydrogen) atoms. The van der Waals surface area contributed by atoms with Gasteiger partial charge in [0.05, 0.1) is 29.3 Å². The van der Waals surface area contributed by atoms with Crippen LogP contribution in [0.3, 0.4) is 0 Å². The van der Waals surface area contributed by atoms with E-state index in [2.05, 4.69) is 87.8 Å². The van der Waals surface area contributed by atoms with Crippen LogP contribution in [0, 0.1) is 11.3 Å². The molecule has 0 saturated carbocycles. The van der Waals surface area contributed by atoms with Crippen LogP contribution in [0.1, 0.15) is 22.3 Å². The van der Waals surface area contributed by atoms with E-state index in [9.17, 15) is 5.26 Å². The number of hydrogen-bond donors (Lipinski definition) is 1. The van der Waals surface area contributed by atoms with Crippen LogP contribution in [0.5, 0.6) is 0 Å². The predicted molar refractivity (Wildman–Crippen MR) is 156 cm³/mol. The SMILES string of the molecule is CN1CCN(Cc2ccc(-c3ccc4c(Nc5ccc(Cc6ccoc6)cc5)c(C#N)cnc4c3)cc2)CC1. The maximum atomic E-state index is 9.79. The molecule has 1 N–H and O–H groups in total. The molecule has 0 unspecified atom stereocenters. The van der Waals surface area contributed by atoms with Crippen LogP contribution in [0.25, 0.3) is 22.0 Å². The molecule has 6 heteroatoms. The third kappa shape index (κ3) is 5.70. The van der Waals surface area contributed by atoms with Crippen molar-refractivity contribution in [3.05, 3.63) is 114 Å². The number of nitrogens with zero attached hydrogens (tertiary/aromatic N) is 4. The molecule has 0 radical (unpaired) electrons. The van der Waals surface area contributed by atoms with Crippen LogP contribution >= 0.6 is 0 Å². The van der Waals surface area contributed by atoms with Crippen LogP contribution in [-0.4, -0.2) is 48.0 Å². The summed E-state index contributed by atoms with van der Waals surface area (Å²) >= 11 is 0. The van der Waals surface area contributed by atoms with Crippen LogP contribution in [0.15, 0.2) is 95.9 Å². The number of hydrogen-bond acceptors (Lipinski definition) is 6. The number of anilines is 2. The zero-order valence-corrected chi connectivity index (χ0v) is 22.1. The van der Waals surface area contributed by atoms with Crippen molar-refractivity contribution >= 4 is 22.3 Å². The number of piperazine rings is 1. The van der Waals surface area contributed by atoms with Crippen LogP contribution in [0.4, 0.5) is 11.4 Å². The Kier molecular flexibility index (Phi) is 7.09. The van der Waals surface area contributed by atoms with Gasteiger partial charge in [0.2, 0.25) is 0 Å². The molecule has 1 fully saturated rings. The maximum Gasteiger partial charge on any atom is 0.103 e. The van der Waals surface area contributed by atoms with Gasteiger partial charge in [-0.25, -0.2) is 0 Å². The lowest BCUT2D eigenvalue weighted by atomic mass is 10.0. The maximum absolute atomic E-state index is 9.79. The number of rotatable bonds is 7. The van der Waals surface area contributed by atoms with E-state index in [-0.39, 0.29) is 0 Å². The molecular weight excluding hydrogens is 482 g/mol. The van der Waals surface area contributed by atoms with E-state index in [1.54, 1.807) is 18.7 Å². The second-order valence-electron chi connectivity index (χ2n) is 10.3. The van der Waals surface area contributed by atoms with Gasteiger partial charge in [-0.05, 0) is 59.1 Å². The fourth-order valence-electron chi connectivity index (χ4n) is 5.14. The van der Waals surface area contributed by atoms with Crippen molar-refractivity contribution < 1.29 is 4.42 Å². The van der Waals surface area contributed by atoms with Gasteiger partial charge in [0.15, 0.2) is 0 Å². The Morgan fingerprint density at radius 1 is 0.872 bits per heavy atom. The lowest BCUT2D eigenvalue weighted by molar-refractivity contribution is 0.148. The zero-order valence-electron chi connectivity index (χ0n) is 22.1. The summed E-state index contributed by atoms with van der Waals surface area (Å²) in [4.78, 5) is 9.52. The molecule has 0 amide bonds.